The molecule has 1 amide bonds. The third-order valence-electron chi connectivity index (χ3n) is 4.33. The van der Waals surface area contributed by atoms with Gasteiger partial charge in [-0.25, -0.2) is 0 Å². The van der Waals surface area contributed by atoms with Gasteiger partial charge in [0, 0.05) is 11.3 Å². The van der Waals surface area contributed by atoms with Gasteiger partial charge in [-0.2, -0.15) is 22.0 Å². The number of amides is 1. The van der Waals surface area contributed by atoms with Crippen LogP contribution in [0.3, 0.4) is 0 Å². The van der Waals surface area contributed by atoms with E-state index in [2.05, 4.69) is 10.1 Å². The van der Waals surface area contributed by atoms with Gasteiger partial charge in [-0.15, -0.1) is 0 Å². The van der Waals surface area contributed by atoms with Crippen molar-refractivity contribution in [3.63, 3.8) is 0 Å². The van der Waals surface area contributed by atoms with E-state index in [4.69, 9.17) is 4.74 Å². The van der Waals surface area contributed by atoms with Crippen molar-refractivity contribution in [1.29, 1.82) is 0 Å². The van der Waals surface area contributed by atoms with Crippen molar-refractivity contribution < 1.29 is 36.2 Å². The average molecular weight is 437 g/mol. The zero-order chi connectivity index (χ0) is 22.6. The van der Waals surface area contributed by atoms with Crippen LogP contribution in [0.25, 0.3) is 11.1 Å². The molecule has 162 valence electrons. The normalized spacial score (nSPS) is 11.3. The van der Waals surface area contributed by atoms with Crippen molar-refractivity contribution in [3.8, 4) is 22.6 Å². The summed E-state index contributed by atoms with van der Waals surface area (Å²) in [5, 5.41) is 2.38. The summed E-state index contributed by atoms with van der Waals surface area (Å²) in [4.78, 5) is 12.5. The van der Waals surface area contributed by atoms with Crippen LogP contribution in [0.2, 0.25) is 0 Å². The molecule has 0 aliphatic carbocycles. The van der Waals surface area contributed by atoms with Crippen LogP contribution >= 0.6 is 0 Å². The second-order valence-corrected chi connectivity index (χ2v) is 6.32. The molecule has 0 aliphatic heterocycles. The molecule has 3 aromatic carbocycles. The molecule has 0 saturated heterocycles. The molecule has 0 bridgehead atoms. The Morgan fingerprint density at radius 2 is 1.65 bits per heavy atom. The van der Waals surface area contributed by atoms with Crippen molar-refractivity contribution in [2.75, 3.05) is 12.4 Å². The van der Waals surface area contributed by atoms with Crippen molar-refractivity contribution in [3.05, 3.63) is 77.9 Å². The highest BCUT2D eigenvalue weighted by Gasteiger charge is 2.34. The first-order valence-electron chi connectivity index (χ1n) is 8.90. The number of anilines is 1. The van der Waals surface area contributed by atoms with Gasteiger partial charge in [0.2, 0.25) is 0 Å². The number of nitrogens with one attached hydrogen (secondary N) is 1. The zero-order valence-corrected chi connectivity index (χ0v) is 16.0. The Morgan fingerprint density at radius 3 is 2.26 bits per heavy atom. The van der Waals surface area contributed by atoms with Crippen molar-refractivity contribution in [1.82, 2.24) is 0 Å². The van der Waals surface area contributed by atoms with E-state index in [0.29, 0.717) is 11.3 Å². The smallest absolute Gasteiger partial charge is 0.417 e. The van der Waals surface area contributed by atoms with Gasteiger partial charge in [0.15, 0.2) is 0 Å². The molecule has 0 radical (unpaired) electrons. The number of carbonyl (C=O) groups is 1. The number of hydrogen-bond acceptors (Lipinski definition) is 3. The number of alkyl halides is 5. The fourth-order valence-electron chi connectivity index (χ4n) is 2.93. The topological polar surface area (TPSA) is 47.6 Å². The van der Waals surface area contributed by atoms with Crippen LogP contribution in [0.1, 0.15) is 15.9 Å². The molecule has 0 saturated carbocycles. The second kappa shape index (κ2) is 9.03. The van der Waals surface area contributed by atoms with Crippen LogP contribution in [0.4, 0.5) is 27.6 Å². The van der Waals surface area contributed by atoms with E-state index in [9.17, 15) is 26.7 Å². The lowest BCUT2D eigenvalue weighted by Crippen LogP contribution is -2.18. The Balaban J connectivity index is 1.96. The number of halogens is 5. The summed E-state index contributed by atoms with van der Waals surface area (Å²) < 4.78 is 74.8. The van der Waals surface area contributed by atoms with Gasteiger partial charge in [-0.3, -0.25) is 4.79 Å². The predicted molar refractivity (Wildman–Crippen MR) is 104 cm³/mol. The summed E-state index contributed by atoms with van der Waals surface area (Å²) >= 11 is 0. The maximum absolute atomic E-state index is 13.2. The molecular formula is C22H16F5NO3. The summed E-state index contributed by atoms with van der Waals surface area (Å²) in [6.45, 7) is -3.09. The van der Waals surface area contributed by atoms with E-state index >= 15 is 0 Å². The van der Waals surface area contributed by atoms with E-state index in [-0.39, 0.29) is 17.0 Å². The third kappa shape index (κ3) is 5.30. The Labute approximate surface area is 174 Å². The molecule has 9 heteroatoms. The van der Waals surface area contributed by atoms with Gasteiger partial charge in [0.1, 0.15) is 11.5 Å². The van der Waals surface area contributed by atoms with E-state index in [0.717, 1.165) is 12.1 Å². The van der Waals surface area contributed by atoms with Crippen LogP contribution < -0.4 is 14.8 Å². The number of benzene rings is 3. The summed E-state index contributed by atoms with van der Waals surface area (Å²) in [5.41, 5.74) is -0.850. The summed E-state index contributed by atoms with van der Waals surface area (Å²) in [5.74, 6) is -0.613. The first kappa shape index (κ1) is 22.1. The number of ether oxygens (including phenoxy) is 2. The Bertz CT molecular complexity index is 1070. The van der Waals surface area contributed by atoms with Crippen molar-refractivity contribution in [2.45, 2.75) is 12.8 Å². The Hall–Kier alpha value is -3.62. The number of carbonyl (C=O) groups excluding carboxylic acids is 1. The van der Waals surface area contributed by atoms with E-state index in [1.54, 1.807) is 24.3 Å². The fourth-order valence-corrected chi connectivity index (χ4v) is 2.93. The molecule has 1 N–H and O–H groups in total. The third-order valence-corrected chi connectivity index (χ3v) is 4.33. The van der Waals surface area contributed by atoms with Gasteiger partial charge in [0.25, 0.3) is 5.91 Å². The minimum absolute atomic E-state index is 0.106. The van der Waals surface area contributed by atoms with Crippen LogP contribution in [0.15, 0.2) is 66.7 Å². The van der Waals surface area contributed by atoms with E-state index in [1.165, 1.54) is 37.4 Å². The van der Waals surface area contributed by atoms with Crippen LogP contribution in [-0.2, 0) is 6.18 Å². The average Bonchev–Trinajstić information content (AvgIpc) is 2.74. The van der Waals surface area contributed by atoms with Gasteiger partial charge < -0.3 is 14.8 Å². The van der Waals surface area contributed by atoms with Crippen molar-refractivity contribution in [2.24, 2.45) is 0 Å². The SMILES string of the molecule is COc1ccc(-c2cc(NC(=O)c3ccccc3C(F)(F)F)ccc2OC(F)F)cc1. The molecule has 0 heterocycles. The zero-order valence-electron chi connectivity index (χ0n) is 16.0. The highest BCUT2D eigenvalue weighted by molar-refractivity contribution is 6.05. The van der Waals surface area contributed by atoms with Crippen LogP contribution in [0, 0.1) is 0 Å². The summed E-state index contributed by atoms with van der Waals surface area (Å²) in [7, 11) is 1.47. The Kier molecular flexibility index (Phi) is 6.43. The van der Waals surface area contributed by atoms with Crippen LogP contribution in [0.5, 0.6) is 11.5 Å². The first-order chi connectivity index (χ1) is 14.7. The lowest BCUT2D eigenvalue weighted by Gasteiger charge is -2.15. The molecule has 4 nitrogen and oxygen atoms in total. The van der Waals surface area contributed by atoms with Crippen LogP contribution in [-0.4, -0.2) is 19.6 Å². The second-order valence-electron chi connectivity index (χ2n) is 6.32. The molecule has 0 aliphatic rings. The molecule has 0 spiro atoms. The lowest BCUT2D eigenvalue weighted by atomic mass is 10.0. The highest BCUT2D eigenvalue weighted by Crippen LogP contribution is 2.36. The molecule has 0 unspecified atom stereocenters. The number of methoxy groups -OCH3 is 1. The minimum atomic E-state index is -4.71. The fraction of sp³-hybridized carbons (Fsp3) is 0.136. The molecule has 31 heavy (non-hydrogen) atoms. The lowest BCUT2D eigenvalue weighted by molar-refractivity contribution is -0.137. The molecule has 0 fully saturated rings. The maximum Gasteiger partial charge on any atom is 0.417 e. The molecule has 0 atom stereocenters. The molecule has 3 aromatic rings. The molecular weight excluding hydrogens is 421 g/mol. The van der Waals surface area contributed by atoms with E-state index < -0.39 is 29.8 Å². The van der Waals surface area contributed by atoms with Gasteiger partial charge in [-0.1, -0.05) is 24.3 Å². The largest absolute Gasteiger partial charge is 0.497 e. The monoisotopic (exact) mass is 437 g/mol. The minimum Gasteiger partial charge on any atom is -0.497 e. The first-order valence-corrected chi connectivity index (χ1v) is 8.90. The summed E-state index contributed by atoms with van der Waals surface area (Å²) in [6, 6.07) is 14.6. The highest BCUT2D eigenvalue weighted by atomic mass is 19.4. The standard InChI is InChI=1S/C22H16F5NO3/c1-30-15-9-6-13(7-10-15)17-12-14(8-11-19(17)31-21(23)24)28-20(29)16-4-2-3-5-18(16)22(25,26)27/h2-12,21H,1H3,(H,28,29). The van der Waals surface area contributed by atoms with Gasteiger partial charge in [-0.05, 0) is 48.0 Å². The number of rotatable bonds is 6. The van der Waals surface area contributed by atoms with Gasteiger partial charge >= 0.3 is 12.8 Å². The molecule has 3 rings (SSSR count). The van der Waals surface area contributed by atoms with Gasteiger partial charge in [0.05, 0.1) is 18.2 Å². The molecule has 0 aromatic heterocycles. The predicted octanol–water partition coefficient (Wildman–Crippen LogP) is 6.23. The Morgan fingerprint density at radius 1 is 0.968 bits per heavy atom. The number of hydrogen-bond donors (Lipinski definition) is 1. The quantitative estimate of drug-likeness (QED) is 0.465. The summed E-state index contributed by atoms with van der Waals surface area (Å²) in [6.07, 6.45) is -4.71. The van der Waals surface area contributed by atoms with Crippen molar-refractivity contribution >= 4 is 11.6 Å². The van der Waals surface area contributed by atoms with E-state index in [1.807, 2.05) is 0 Å². The maximum atomic E-state index is 13.2.